The van der Waals surface area contributed by atoms with E-state index in [2.05, 4.69) is 9.30 Å². The van der Waals surface area contributed by atoms with Gasteiger partial charge in [0.05, 0.1) is 25.5 Å². The highest BCUT2D eigenvalue weighted by molar-refractivity contribution is 7.90. The Morgan fingerprint density at radius 2 is 1.87 bits per heavy atom. The lowest BCUT2D eigenvalue weighted by molar-refractivity contribution is -0.128. The third kappa shape index (κ3) is 4.59. The van der Waals surface area contributed by atoms with Gasteiger partial charge >= 0.3 is 0 Å². The van der Waals surface area contributed by atoms with E-state index < -0.39 is 10.0 Å². The summed E-state index contributed by atoms with van der Waals surface area (Å²) in [6.07, 6.45) is 5.16. The molecule has 1 fully saturated rings. The molecule has 0 bridgehead atoms. The molecule has 0 aromatic heterocycles. The molecule has 1 saturated heterocycles. The monoisotopic (exact) mass is 446 g/mol. The van der Waals surface area contributed by atoms with Gasteiger partial charge in [0.25, 0.3) is 15.9 Å². The number of amidine groups is 1. The number of benzene rings is 1. The first kappa shape index (κ1) is 21.4. The number of carbonyl (C=O) groups is 1. The van der Waals surface area contributed by atoms with Crippen molar-refractivity contribution in [2.24, 2.45) is 4.40 Å². The van der Waals surface area contributed by atoms with Crippen LogP contribution in [0.1, 0.15) is 5.56 Å². The van der Waals surface area contributed by atoms with Crippen LogP contribution in [0.15, 0.2) is 46.5 Å². The van der Waals surface area contributed by atoms with E-state index in [1.807, 2.05) is 18.2 Å². The number of nitrogens with zero attached hydrogens (tertiary/aromatic N) is 4. The standard InChI is InChI=1S/C21H26N4O5S/c1-29-17-5-6-19(30-2)16(14-17)15-23-8-10-25(11-9-23)21(26)18-4-3-7-24-12-13-31(27,28)22-20(18)24/h3-7,14H,8-13,15H2,1-2H3. The predicted octanol–water partition coefficient (Wildman–Crippen LogP) is 0.846. The van der Waals surface area contributed by atoms with Gasteiger partial charge in [0.15, 0.2) is 5.84 Å². The van der Waals surface area contributed by atoms with Crippen molar-refractivity contribution in [3.05, 3.63) is 47.7 Å². The fourth-order valence-corrected chi connectivity index (χ4v) is 4.89. The minimum atomic E-state index is -3.54. The molecule has 3 heterocycles. The lowest BCUT2D eigenvalue weighted by Gasteiger charge is -2.36. The van der Waals surface area contributed by atoms with Crippen molar-refractivity contribution in [3.63, 3.8) is 0 Å². The van der Waals surface area contributed by atoms with Gasteiger partial charge in [-0.25, -0.2) is 8.42 Å². The van der Waals surface area contributed by atoms with Crippen molar-refractivity contribution < 1.29 is 22.7 Å². The SMILES string of the molecule is COc1ccc(OC)c(CN2CCN(C(=O)C3=CC=CN4CCS(=O)(=O)N=C34)CC2)c1. The summed E-state index contributed by atoms with van der Waals surface area (Å²) in [7, 11) is -0.258. The molecule has 3 aliphatic rings. The number of allylic oxidation sites excluding steroid dienone is 2. The number of rotatable bonds is 5. The average molecular weight is 447 g/mol. The van der Waals surface area contributed by atoms with E-state index in [9.17, 15) is 13.2 Å². The number of carbonyl (C=O) groups excluding carboxylic acids is 1. The first-order valence-corrected chi connectivity index (χ1v) is 11.7. The number of piperazine rings is 1. The van der Waals surface area contributed by atoms with Gasteiger partial charge in [-0.2, -0.15) is 0 Å². The molecule has 0 unspecified atom stereocenters. The summed E-state index contributed by atoms with van der Waals surface area (Å²) in [5.41, 5.74) is 1.35. The van der Waals surface area contributed by atoms with Crippen molar-refractivity contribution in [3.8, 4) is 11.5 Å². The minimum absolute atomic E-state index is 0.0469. The quantitative estimate of drug-likeness (QED) is 0.662. The van der Waals surface area contributed by atoms with Gasteiger partial charge in [-0.15, -0.1) is 4.40 Å². The first-order valence-electron chi connectivity index (χ1n) is 10.1. The van der Waals surface area contributed by atoms with Crippen molar-refractivity contribution >= 4 is 21.8 Å². The van der Waals surface area contributed by atoms with E-state index in [1.165, 1.54) is 0 Å². The minimum Gasteiger partial charge on any atom is -0.497 e. The van der Waals surface area contributed by atoms with Gasteiger partial charge in [0.2, 0.25) is 0 Å². The summed E-state index contributed by atoms with van der Waals surface area (Å²) in [6.45, 7) is 3.48. The molecule has 31 heavy (non-hydrogen) atoms. The summed E-state index contributed by atoms with van der Waals surface area (Å²) >= 11 is 0. The molecule has 0 radical (unpaired) electrons. The Hall–Kier alpha value is -2.85. The Morgan fingerprint density at radius 1 is 1.10 bits per heavy atom. The van der Waals surface area contributed by atoms with Crippen molar-refractivity contribution in [1.82, 2.24) is 14.7 Å². The zero-order chi connectivity index (χ0) is 22.0. The van der Waals surface area contributed by atoms with Crippen molar-refractivity contribution in [2.45, 2.75) is 6.54 Å². The van der Waals surface area contributed by atoms with E-state index in [4.69, 9.17) is 9.47 Å². The van der Waals surface area contributed by atoms with Gasteiger partial charge < -0.3 is 19.3 Å². The number of hydrogen-bond acceptors (Lipinski definition) is 7. The molecule has 0 saturated carbocycles. The van der Waals surface area contributed by atoms with Gasteiger partial charge in [-0.05, 0) is 30.4 Å². The maximum atomic E-state index is 13.1. The highest BCUT2D eigenvalue weighted by Gasteiger charge is 2.33. The van der Waals surface area contributed by atoms with Crippen LogP contribution >= 0.6 is 0 Å². The van der Waals surface area contributed by atoms with Gasteiger partial charge in [0, 0.05) is 51.0 Å². The highest BCUT2D eigenvalue weighted by atomic mass is 32.2. The molecule has 1 amide bonds. The van der Waals surface area contributed by atoms with Crippen LogP contribution in [0.2, 0.25) is 0 Å². The number of fused-ring (bicyclic) bond motifs is 1. The smallest absolute Gasteiger partial charge is 0.257 e. The molecular formula is C21H26N4O5S. The molecule has 0 aliphatic carbocycles. The molecule has 9 nitrogen and oxygen atoms in total. The van der Waals surface area contributed by atoms with Crippen LogP contribution in [-0.4, -0.2) is 87.6 Å². The molecule has 0 atom stereocenters. The molecule has 0 spiro atoms. The molecule has 3 aliphatic heterocycles. The second-order valence-corrected chi connectivity index (χ2v) is 9.32. The fraction of sp³-hybridized carbons (Fsp3) is 0.429. The number of hydrogen-bond donors (Lipinski definition) is 0. The van der Waals surface area contributed by atoms with Gasteiger partial charge in [-0.3, -0.25) is 9.69 Å². The number of methoxy groups -OCH3 is 2. The molecule has 10 heteroatoms. The Kier molecular flexibility index (Phi) is 6.01. The lowest BCUT2D eigenvalue weighted by atomic mass is 10.1. The fourth-order valence-electron chi connectivity index (χ4n) is 3.91. The zero-order valence-electron chi connectivity index (χ0n) is 17.7. The number of amides is 1. The Bertz CT molecular complexity index is 1060. The molecule has 166 valence electrons. The van der Waals surface area contributed by atoms with Crippen LogP contribution in [0.25, 0.3) is 0 Å². The van der Waals surface area contributed by atoms with Crippen LogP contribution in [0.4, 0.5) is 0 Å². The highest BCUT2D eigenvalue weighted by Crippen LogP contribution is 2.26. The molecular weight excluding hydrogens is 420 g/mol. The maximum Gasteiger partial charge on any atom is 0.257 e. The topological polar surface area (TPSA) is 91.8 Å². The first-order chi connectivity index (χ1) is 14.9. The summed E-state index contributed by atoms with van der Waals surface area (Å²) in [6, 6.07) is 5.72. The molecule has 1 aromatic rings. The average Bonchev–Trinajstić information content (AvgIpc) is 2.78. The van der Waals surface area contributed by atoms with Gasteiger partial charge in [-0.1, -0.05) is 0 Å². The van der Waals surface area contributed by atoms with Gasteiger partial charge in [0.1, 0.15) is 11.5 Å². The second kappa shape index (κ2) is 8.72. The molecule has 4 rings (SSSR count). The molecule has 0 N–H and O–H groups in total. The summed E-state index contributed by atoms with van der Waals surface area (Å²) < 4.78 is 38.5. The predicted molar refractivity (Wildman–Crippen MR) is 117 cm³/mol. The van der Waals surface area contributed by atoms with E-state index >= 15 is 0 Å². The Morgan fingerprint density at radius 3 is 2.58 bits per heavy atom. The van der Waals surface area contributed by atoms with Crippen LogP contribution in [0.3, 0.4) is 0 Å². The summed E-state index contributed by atoms with van der Waals surface area (Å²) in [4.78, 5) is 18.9. The van der Waals surface area contributed by atoms with E-state index in [1.54, 1.807) is 42.4 Å². The van der Waals surface area contributed by atoms with Crippen molar-refractivity contribution in [2.75, 3.05) is 52.7 Å². The lowest BCUT2D eigenvalue weighted by Crippen LogP contribution is -2.50. The van der Waals surface area contributed by atoms with Crippen molar-refractivity contribution in [1.29, 1.82) is 0 Å². The Balaban J connectivity index is 1.42. The van der Waals surface area contributed by atoms with Crippen LogP contribution in [-0.2, 0) is 21.4 Å². The third-order valence-electron chi connectivity index (χ3n) is 5.63. The van der Waals surface area contributed by atoms with Crippen LogP contribution < -0.4 is 9.47 Å². The maximum absolute atomic E-state index is 13.1. The normalized spacial score (nSPS) is 20.6. The van der Waals surface area contributed by atoms with E-state index in [-0.39, 0.29) is 17.5 Å². The van der Waals surface area contributed by atoms with E-state index in [0.717, 1.165) is 17.1 Å². The zero-order valence-corrected chi connectivity index (χ0v) is 18.5. The summed E-state index contributed by atoms with van der Waals surface area (Å²) in [5, 5.41) is 0. The second-order valence-electron chi connectivity index (χ2n) is 7.56. The third-order valence-corrected chi connectivity index (χ3v) is 6.78. The largest absolute Gasteiger partial charge is 0.497 e. The summed E-state index contributed by atoms with van der Waals surface area (Å²) in [5.74, 6) is 1.56. The number of ether oxygens (including phenoxy) is 2. The van der Waals surface area contributed by atoms with E-state index in [0.29, 0.717) is 44.8 Å². The van der Waals surface area contributed by atoms with Crippen LogP contribution in [0, 0.1) is 0 Å². The van der Waals surface area contributed by atoms with Crippen LogP contribution in [0.5, 0.6) is 11.5 Å². The Labute approximate surface area is 182 Å². The molecule has 1 aromatic carbocycles. The number of sulfonamides is 1.